The van der Waals surface area contributed by atoms with Gasteiger partial charge in [0.2, 0.25) is 0 Å². The molecule has 0 aromatic heterocycles. The Morgan fingerprint density at radius 1 is 1.19 bits per heavy atom. The van der Waals surface area contributed by atoms with E-state index >= 15 is 0 Å². The minimum atomic E-state index is 0.0236. The highest BCUT2D eigenvalue weighted by Crippen LogP contribution is 2.44. The summed E-state index contributed by atoms with van der Waals surface area (Å²) < 4.78 is 5.52. The van der Waals surface area contributed by atoms with Crippen molar-refractivity contribution in [2.45, 2.75) is 59.5 Å². The van der Waals surface area contributed by atoms with Gasteiger partial charge < -0.3 is 4.74 Å². The SMILES string of the molecule is C[C@H]1C[C@H]2C[C@H](C(C)(C)C)CC[C@@H]2OC1=O. The summed E-state index contributed by atoms with van der Waals surface area (Å²) in [5, 5.41) is 0. The van der Waals surface area contributed by atoms with Crippen LogP contribution in [0.1, 0.15) is 53.4 Å². The first-order chi connectivity index (χ1) is 7.38. The zero-order valence-electron chi connectivity index (χ0n) is 11.0. The number of hydrogen-bond donors (Lipinski definition) is 0. The lowest BCUT2D eigenvalue weighted by molar-refractivity contribution is -0.169. The van der Waals surface area contributed by atoms with Gasteiger partial charge in [-0.1, -0.05) is 27.7 Å². The number of ether oxygens (including phenoxy) is 1. The molecular weight excluding hydrogens is 200 g/mol. The smallest absolute Gasteiger partial charge is 0.308 e. The van der Waals surface area contributed by atoms with Gasteiger partial charge in [0.15, 0.2) is 0 Å². The predicted octanol–water partition coefficient (Wildman–Crippen LogP) is 3.40. The van der Waals surface area contributed by atoms with Crippen LogP contribution in [-0.2, 0) is 9.53 Å². The summed E-state index contributed by atoms with van der Waals surface area (Å²) in [6, 6.07) is 0. The number of fused-ring (bicyclic) bond motifs is 1. The Bertz CT molecular complexity index is 277. The first kappa shape index (κ1) is 11.9. The Balaban J connectivity index is 2.02. The molecule has 1 aliphatic heterocycles. The molecule has 0 aromatic rings. The molecule has 0 radical (unpaired) electrons. The molecule has 2 heteroatoms. The van der Waals surface area contributed by atoms with E-state index in [1.165, 1.54) is 12.8 Å². The Labute approximate surface area is 98.7 Å². The van der Waals surface area contributed by atoms with Crippen molar-refractivity contribution in [2.24, 2.45) is 23.2 Å². The summed E-state index contributed by atoms with van der Waals surface area (Å²) >= 11 is 0. The molecule has 16 heavy (non-hydrogen) atoms. The third kappa shape index (κ3) is 2.26. The molecule has 1 saturated heterocycles. The minimum absolute atomic E-state index is 0.0236. The molecule has 2 rings (SSSR count). The molecule has 0 N–H and O–H groups in total. The number of rotatable bonds is 0. The van der Waals surface area contributed by atoms with Crippen molar-refractivity contribution in [2.75, 3.05) is 0 Å². The molecule has 0 amide bonds. The van der Waals surface area contributed by atoms with Gasteiger partial charge in [0, 0.05) is 0 Å². The molecule has 1 heterocycles. The van der Waals surface area contributed by atoms with Crippen LogP contribution < -0.4 is 0 Å². The normalized spacial score (nSPS) is 40.1. The van der Waals surface area contributed by atoms with Gasteiger partial charge in [-0.25, -0.2) is 0 Å². The summed E-state index contributed by atoms with van der Waals surface area (Å²) in [6.45, 7) is 8.99. The molecule has 0 bridgehead atoms. The fourth-order valence-electron chi connectivity index (χ4n) is 3.24. The summed E-state index contributed by atoms with van der Waals surface area (Å²) in [4.78, 5) is 11.5. The van der Waals surface area contributed by atoms with Gasteiger partial charge in [-0.2, -0.15) is 0 Å². The number of carbonyl (C=O) groups is 1. The van der Waals surface area contributed by atoms with Crippen LogP contribution >= 0.6 is 0 Å². The lowest BCUT2D eigenvalue weighted by Crippen LogP contribution is -2.43. The van der Waals surface area contributed by atoms with Gasteiger partial charge in [0.25, 0.3) is 0 Å². The summed E-state index contributed by atoms with van der Waals surface area (Å²) in [7, 11) is 0. The Hall–Kier alpha value is -0.530. The van der Waals surface area contributed by atoms with Gasteiger partial charge in [-0.05, 0) is 42.9 Å². The van der Waals surface area contributed by atoms with Crippen molar-refractivity contribution < 1.29 is 9.53 Å². The maximum Gasteiger partial charge on any atom is 0.308 e. The van der Waals surface area contributed by atoms with E-state index in [9.17, 15) is 4.79 Å². The molecule has 1 saturated carbocycles. The maximum atomic E-state index is 11.5. The van der Waals surface area contributed by atoms with Crippen LogP contribution in [0, 0.1) is 23.2 Å². The molecule has 0 unspecified atom stereocenters. The third-order valence-electron chi connectivity index (χ3n) is 4.46. The van der Waals surface area contributed by atoms with Gasteiger partial charge >= 0.3 is 5.97 Å². The van der Waals surface area contributed by atoms with Crippen molar-refractivity contribution in [1.29, 1.82) is 0 Å². The fourth-order valence-corrected chi connectivity index (χ4v) is 3.24. The van der Waals surface area contributed by atoms with E-state index in [2.05, 4.69) is 20.8 Å². The molecule has 2 nitrogen and oxygen atoms in total. The van der Waals surface area contributed by atoms with Crippen LogP contribution in [0.15, 0.2) is 0 Å². The van der Waals surface area contributed by atoms with E-state index in [1.54, 1.807) is 0 Å². The lowest BCUT2D eigenvalue weighted by atomic mass is 9.66. The molecule has 0 spiro atoms. The lowest BCUT2D eigenvalue weighted by Gasteiger charge is -2.44. The highest BCUT2D eigenvalue weighted by atomic mass is 16.5. The molecular formula is C14H24O2. The maximum absolute atomic E-state index is 11.5. The topological polar surface area (TPSA) is 26.3 Å². The van der Waals surface area contributed by atoms with Crippen molar-refractivity contribution in [3.63, 3.8) is 0 Å². The molecule has 92 valence electrons. The number of esters is 1. The van der Waals surface area contributed by atoms with Crippen LogP contribution in [0.4, 0.5) is 0 Å². The van der Waals surface area contributed by atoms with Crippen LogP contribution in [0.25, 0.3) is 0 Å². The monoisotopic (exact) mass is 224 g/mol. The second-order valence-electron chi connectivity index (χ2n) is 6.75. The van der Waals surface area contributed by atoms with Crippen LogP contribution in [-0.4, -0.2) is 12.1 Å². The minimum Gasteiger partial charge on any atom is -0.462 e. The third-order valence-corrected chi connectivity index (χ3v) is 4.46. The van der Waals surface area contributed by atoms with Gasteiger partial charge in [-0.15, -0.1) is 0 Å². The van der Waals surface area contributed by atoms with Crippen LogP contribution in [0.5, 0.6) is 0 Å². The average molecular weight is 224 g/mol. The van der Waals surface area contributed by atoms with Crippen LogP contribution in [0.3, 0.4) is 0 Å². The number of carbonyl (C=O) groups excluding carboxylic acids is 1. The highest BCUT2D eigenvalue weighted by molar-refractivity contribution is 5.73. The van der Waals surface area contributed by atoms with E-state index in [-0.39, 0.29) is 18.0 Å². The zero-order chi connectivity index (χ0) is 11.9. The molecule has 2 fully saturated rings. The van der Waals surface area contributed by atoms with Crippen molar-refractivity contribution in [1.82, 2.24) is 0 Å². The zero-order valence-corrected chi connectivity index (χ0v) is 11.0. The molecule has 4 atom stereocenters. The van der Waals surface area contributed by atoms with Crippen molar-refractivity contribution in [3.05, 3.63) is 0 Å². The predicted molar refractivity (Wildman–Crippen MR) is 63.9 cm³/mol. The van der Waals surface area contributed by atoms with E-state index in [0.717, 1.165) is 18.8 Å². The Morgan fingerprint density at radius 2 is 1.88 bits per heavy atom. The quantitative estimate of drug-likeness (QED) is 0.589. The summed E-state index contributed by atoms with van der Waals surface area (Å²) in [5.74, 6) is 1.54. The van der Waals surface area contributed by atoms with E-state index in [1.807, 2.05) is 6.92 Å². The second kappa shape index (κ2) is 4.05. The summed E-state index contributed by atoms with van der Waals surface area (Å²) in [6.07, 6.45) is 4.79. The van der Waals surface area contributed by atoms with Gasteiger partial charge in [0.1, 0.15) is 6.10 Å². The van der Waals surface area contributed by atoms with Crippen LogP contribution in [0.2, 0.25) is 0 Å². The van der Waals surface area contributed by atoms with Gasteiger partial charge in [-0.3, -0.25) is 4.79 Å². The largest absolute Gasteiger partial charge is 0.462 e. The van der Waals surface area contributed by atoms with Crippen molar-refractivity contribution in [3.8, 4) is 0 Å². The van der Waals surface area contributed by atoms with Crippen molar-refractivity contribution >= 4 is 5.97 Å². The average Bonchev–Trinajstić information content (AvgIpc) is 2.17. The summed E-state index contributed by atoms with van der Waals surface area (Å²) in [5.41, 5.74) is 0.398. The first-order valence-corrected chi connectivity index (χ1v) is 6.58. The van der Waals surface area contributed by atoms with E-state index < -0.39 is 0 Å². The first-order valence-electron chi connectivity index (χ1n) is 6.58. The van der Waals surface area contributed by atoms with E-state index in [4.69, 9.17) is 4.74 Å². The second-order valence-corrected chi connectivity index (χ2v) is 6.75. The van der Waals surface area contributed by atoms with Gasteiger partial charge in [0.05, 0.1) is 5.92 Å². The molecule has 2 aliphatic rings. The highest BCUT2D eigenvalue weighted by Gasteiger charge is 2.42. The Morgan fingerprint density at radius 3 is 2.50 bits per heavy atom. The fraction of sp³-hybridized carbons (Fsp3) is 0.929. The molecule has 0 aromatic carbocycles. The number of hydrogen-bond acceptors (Lipinski definition) is 2. The molecule has 1 aliphatic carbocycles. The Kier molecular flexibility index (Phi) is 3.02. The van der Waals surface area contributed by atoms with E-state index in [0.29, 0.717) is 11.3 Å². The standard InChI is InChI=1S/C14H24O2/c1-9-7-10-8-11(14(2,3)4)5-6-12(10)16-13(9)15/h9-12H,5-8H2,1-4H3/t9-,10-,11+,12-/m0/s1.